The molecule has 0 aromatic heterocycles. The first-order valence-corrected chi connectivity index (χ1v) is 8.40. The van der Waals surface area contributed by atoms with E-state index in [1.54, 1.807) is 32.4 Å². The summed E-state index contributed by atoms with van der Waals surface area (Å²) in [5.41, 5.74) is 0.435. The number of amides is 1. The molecule has 1 saturated heterocycles. The van der Waals surface area contributed by atoms with Crippen molar-refractivity contribution in [3.8, 4) is 11.5 Å². The molecule has 1 amide bonds. The molecule has 2 N–H and O–H groups in total. The van der Waals surface area contributed by atoms with E-state index in [1.807, 2.05) is 11.9 Å². The van der Waals surface area contributed by atoms with Crippen molar-refractivity contribution in [2.45, 2.75) is 12.8 Å². The molecule has 0 bridgehead atoms. The van der Waals surface area contributed by atoms with Gasteiger partial charge >= 0.3 is 0 Å². The summed E-state index contributed by atoms with van der Waals surface area (Å²) in [6, 6.07) is 5.24. The lowest BCUT2D eigenvalue weighted by Crippen LogP contribution is -2.44. The third-order valence-corrected chi connectivity index (χ3v) is 4.54. The number of likely N-dealkylation sites (N-methyl/N-ethyl adjacent to an activating group) is 1. The first kappa shape index (κ1) is 19.5. The highest BCUT2D eigenvalue weighted by atomic mass is 16.5. The molecule has 1 fully saturated rings. The number of ether oxygens (including phenoxy) is 3. The van der Waals surface area contributed by atoms with E-state index in [0.717, 1.165) is 12.8 Å². The maximum atomic E-state index is 12.3. The largest absolute Gasteiger partial charge is 0.497 e. The Hall–Kier alpha value is -1.83. The molecule has 7 heteroatoms. The van der Waals surface area contributed by atoms with E-state index in [0.29, 0.717) is 36.9 Å². The number of nitrogens with zero attached hydrogens (tertiary/aromatic N) is 1. The number of methoxy groups -OCH3 is 2. The van der Waals surface area contributed by atoms with E-state index in [-0.39, 0.29) is 24.5 Å². The van der Waals surface area contributed by atoms with Gasteiger partial charge in [-0.15, -0.1) is 0 Å². The van der Waals surface area contributed by atoms with E-state index in [1.165, 1.54) is 0 Å². The van der Waals surface area contributed by atoms with Crippen LogP contribution >= 0.6 is 0 Å². The summed E-state index contributed by atoms with van der Waals surface area (Å²) in [7, 11) is 5.02. The molecule has 0 radical (unpaired) electrons. The van der Waals surface area contributed by atoms with Gasteiger partial charge in [0, 0.05) is 49.1 Å². The minimum absolute atomic E-state index is 0.107. The summed E-state index contributed by atoms with van der Waals surface area (Å²) in [5.74, 6) is 1.10. The Morgan fingerprint density at radius 2 is 1.84 bits per heavy atom. The number of carbonyl (C=O) groups is 1. The van der Waals surface area contributed by atoms with Crippen molar-refractivity contribution in [3.63, 3.8) is 0 Å². The highest BCUT2D eigenvalue weighted by Gasteiger charge is 2.33. The Labute approximate surface area is 148 Å². The summed E-state index contributed by atoms with van der Waals surface area (Å²) in [6.45, 7) is 2.31. The predicted octanol–water partition coefficient (Wildman–Crippen LogP) is 1.36. The van der Waals surface area contributed by atoms with E-state index in [9.17, 15) is 9.90 Å². The second-order valence-electron chi connectivity index (χ2n) is 6.59. The molecule has 0 atom stereocenters. The molecule has 25 heavy (non-hydrogen) atoms. The number of aliphatic hydroxyl groups is 1. The molecule has 1 aliphatic heterocycles. The zero-order valence-electron chi connectivity index (χ0n) is 15.2. The van der Waals surface area contributed by atoms with Gasteiger partial charge in [0.05, 0.1) is 27.4 Å². The van der Waals surface area contributed by atoms with E-state index in [4.69, 9.17) is 14.2 Å². The van der Waals surface area contributed by atoms with Gasteiger partial charge in [-0.25, -0.2) is 0 Å². The van der Waals surface area contributed by atoms with Gasteiger partial charge in [-0.1, -0.05) is 0 Å². The van der Waals surface area contributed by atoms with Crippen LogP contribution in [0.4, 0.5) is 5.69 Å². The standard InChI is InChI=1S/C18H28N2O5/c1-20(12-18(13-21)4-6-25-7-5-18)11-17(22)19-14-8-15(23-2)10-16(9-14)24-3/h8-10,21H,4-7,11-13H2,1-3H3,(H,19,22). The van der Waals surface area contributed by atoms with Gasteiger partial charge in [0.2, 0.25) is 5.91 Å². The summed E-state index contributed by atoms with van der Waals surface area (Å²) in [5, 5.41) is 12.6. The monoisotopic (exact) mass is 352 g/mol. The fraction of sp³-hybridized carbons (Fsp3) is 0.611. The summed E-state index contributed by atoms with van der Waals surface area (Å²) in [6.07, 6.45) is 1.62. The van der Waals surface area contributed by atoms with Crippen molar-refractivity contribution < 1.29 is 24.1 Å². The van der Waals surface area contributed by atoms with Crippen LogP contribution in [0.15, 0.2) is 18.2 Å². The van der Waals surface area contributed by atoms with Crippen LogP contribution in [0.3, 0.4) is 0 Å². The fourth-order valence-corrected chi connectivity index (χ4v) is 3.12. The number of hydrogen-bond acceptors (Lipinski definition) is 6. The topological polar surface area (TPSA) is 80.3 Å². The maximum Gasteiger partial charge on any atom is 0.238 e. The molecular weight excluding hydrogens is 324 g/mol. The zero-order valence-corrected chi connectivity index (χ0v) is 15.2. The molecule has 0 spiro atoms. The van der Waals surface area contributed by atoms with Crippen molar-refractivity contribution in [1.82, 2.24) is 4.90 Å². The molecule has 7 nitrogen and oxygen atoms in total. The smallest absolute Gasteiger partial charge is 0.238 e. The van der Waals surface area contributed by atoms with Crippen LogP contribution in [0.2, 0.25) is 0 Å². The number of nitrogens with one attached hydrogen (secondary N) is 1. The van der Waals surface area contributed by atoms with Crippen molar-refractivity contribution in [2.75, 3.05) is 59.5 Å². The van der Waals surface area contributed by atoms with Crippen molar-refractivity contribution in [3.05, 3.63) is 18.2 Å². The zero-order chi connectivity index (χ0) is 18.3. The molecule has 0 unspecified atom stereocenters. The number of anilines is 1. The Morgan fingerprint density at radius 3 is 2.36 bits per heavy atom. The SMILES string of the molecule is COc1cc(NC(=O)CN(C)CC2(CO)CCOCC2)cc(OC)c1. The highest BCUT2D eigenvalue weighted by molar-refractivity contribution is 5.92. The van der Waals surface area contributed by atoms with Crippen molar-refractivity contribution in [1.29, 1.82) is 0 Å². The third-order valence-electron chi connectivity index (χ3n) is 4.54. The van der Waals surface area contributed by atoms with Crippen LogP contribution < -0.4 is 14.8 Å². The summed E-state index contributed by atoms with van der Waals surface area (Å²) >= 11 is 0. The van der Waals surface area contributed by atoms with Crippen molar-refractivity contribution >= 4 is 11.6 Å². The number of benzene rings is 1. The second kappa shape index (κ2) is 9.03. The lowest BCUT2D eigenvalue weighted by Gasteiger charge is -2.38. The van der Waals surface area contributed by atoms with Gasteiger partial charge in [0.1, 0.15) is 11.5 Å². The number of aliphatic hydroxyl groups excluding tert-OH is 1. The minimum atomic E-state index is -0.188. The lowest BCUT2D eigenvalue weighted by atomic mass is 9.80. The average Bonchev–Trinajstić information content (AvgIpc) is 2.61. The fourth-order valence-electron chi connectivity index (χ4n) is 3.12. The number of hydrogen-bond donors (Lipinski definition) is 2. The van der Waals surface area contributed by atoms with Crippen LogP contribution in [0.25, 0.3) is 0 Å². The maximum absolute atomic E-state index is 12.3. The third kappa shape index (κ3) is 5.59. The normalized spacial score (nSPS) is 16.5. The van der Waals surface area contributed by atoms with Gasteiger partial charge in [-0.05, 0) is 19.9 Å². The Bertz CT molecular complexity index is 550. The van der Waals surface area contributed by atoms with Crippen LogP contribution in [0.5, 0.6) is 11.5 Å². The van der Waals surface area contributed by atoms with Gasteiger partial charge in [0.25, 0.3) is 0 Å². The molecule has 1 heterocycles. The van der Waals surface area contributed by atoms with Gasteiger partial charge < -0.3 is 24.6 Å². The highest BCUT2D eigenvalue weighted by Crippen LogP contribution is 2.30. The van der Waals surface area contributed by atoms with E-state index in [2.05, 4.69) is 5.32 Å². The molecule has 0 aliphatic carbocycles. The predicted molar refractivity (Wildman–Crippen MR) is 95.2 cm³/mol. The Morgan fingerprint density at radius 1 is 1.24 bits per heavy atom. The van der Waals surface area contributed by atoms with E-state index >= 15 is 0 Å². The van der Waals surface area contributed by atoms with E-state index < -0.39 is 0 Å². The van der Waals surface area contributed by atoms with Gasteiger partial charge in [-0.2, -0.15) is 0 Å². The lowest BCUT2D eigenvalue weighted by molar-refractivity contribution is -0.117. The molecule has 0 saturated carbocycles. The average molecular weight is 352 g/mol. The second-order valence-corrected chi connectivity index (χ2v) is 6.59. The molecule has 2 rings (SSSR count). The Balaban J connectivity index is 1.93. The van der Waals surface area contributed by atoms with Gasteiger partial charge in [0.15, 0.2) is 0 Å². The quantitative estimate of drug-likeness (QED) is 0.735. The molecule has 1 aromatic rings. The van der Waals surface area contributed by atoms with Crippen LogP contribution in [-0.2, 0) is 9.53 Å². The first-order valence-electron chi connectivity index (χ1n) is 8.40. The van der Waals surface area contributed by atoms with Gasteiger partial charge in [-0.3, -0.25) is 9.69 Å². The molecule has 1 aliphatic rings. The summed E-state index contributed by atoms with van der Waals surface area (Å²) < 4.78 is 15.8. The Kier molecular flexibility index (Phi) is 7.04. The van der Waals surface area contributed by atoms with Crippen LogP contribution in [0.1, 0.15) is 12.8 Å². The van der Waals surface area contributed by atoms with Crippen molar-refractivity contribution in [2.24, 2.45) is 5.41 Å². The summed E-state index contributed by atoms with van der Waals surface area (Å²) in [4.78, 5) is 14.3. The first-order chi connectivity index (χ1) is 12.0. The molecule has 140 valence electrons. The van der Waals surface area contributed by atoms with Crippen LogP contribution in [-0.4, -0.2) is 70.1 Å². The number of rotatable bonds is 8. The molecule has 1 aromatic carbocycles. The minimum Gasteiger partial charge on any atom is -0.497 e. The molecular formula is C18H28N2O5. The number of carbonyl (C=O) groups excluding carboxylic acids is 1. The van der Waals surface area contributed by atoms with Crippen LogP contribution in [0, 0.1) is 5.41 Å².